The molecule has 1 aliphatic heterocycles. The molecule has 32 heavy (non-hydrogen) atoms. The van der Waals surface area contributed by atoms with Crippen molar-refractivity contribution in [3.05, 3.63) is 42.4 Å². The number of sulfonamides is 1. The monoisotopic (exact) mass is 458 g/mol. The molecule has 5 rings (SSSR count). The van der Waals surface area contributed by atoms with Crippen molar-refractivity contribution in [1.29, 1.82) is 0 Å². The van der Waals surface area contributed by atoms with E-state index in [0.29, 0.717) is 30.9 Å². The molecule has 0 amide bonds. The zero-order chi connectivity index (χ0) is 22.5. The molecule has 0 atom stereocenters. The number of nitrogen functional groups attached to an aromatic ring is 1. The Hall–Kier alpha value is -2.56. The molecule has 8 nitrogen and oxygen atoms in total. The molecule has 3 heterocycles. The number of fused-ring (bicyclic) bond motifs is 1. The second kappa shape index (κ2) is 8.09. The maximum atomic E-state index is 13.1. The highest BCUT2D eigenvalue weighted by Crippen LogP contribution is 2.43. The van der Waals surface area contributed by atoms with Crippen LogP contribution < -0.4 is 10.5 Å². The average Bonchev–Trinajstić information content (AvgIpc) is 3.07. The van der Waals surface area contributed by atoms with Gasteiger partial charge in [-0.05, 0) is 36.0 Å². The highest BCUT2D eigenvalue weighted by Gasteiger charge is 2.36. The summed E-state index contributed by atoms with van der Waals surface area (Å²) in [5, 5.41) is 0.812. The second-order valence-electron chi connectivity index (χ2n) is 9.01. The molecule has 2 aromatic heterocycles. The van der Waals surface area contributed by atoms with Crippen LogP contribution in [0.4, 0.5) is 10.2 Å². The minimum atomic E-state index is -3.28. The van der Waals surface area contributed by atoms with E-state index < -0.39 is 16.2 Å². The van der Waals surface area contributed by atoms with Crippen molar-refractivity contribution in [1.82, 2.24) is 24.2 Å². The number of nitrogens with zero attached hydrogens (tertiary/aromatic N) is 4. The van der Waals surface area contributed by atoms with Gasteiger partial charge in [-0.1, -0.05) is 18.2 Å². The van der Waals surface area contributed by atoms with Gasteiger partial charge in [0.1, 0.15) is 24.0 Å². The minimum absolute atomic E-state index is 0.220. The summed E-state index contributed by atoms with van der Waals surface area (Å²) in [6.07, 6.45) is 6.11. The lowest BCUT2D eigenvalue weighted by atomic mass is 9.79. The second-order valence-corrected chi connectivity index (χ2v) is 10.8. The van der Waals surface area contributed by atoms with Gasteiger partial charge in [-0.25, -0.2) is 27.5 Å². The molecule has 3 aromatic rings. The summed E-state index contributed by atoms with van der Waals surface area (Å²) in [6, 6.07) is 8.06. The third-order valence-corrected chi connectivity index (χ3v) is 7.12. The minimum Gasteiger partial charge on any atom is -0.383 e. The Balaban J connectivity index is 1.41. The first-order valence-electron chi connectivity index (χ1n) is 10.8. The predicted octanol–water partition coefficient (Wildman–Crippen LogP) is 2.33. The zero-order valence-electron chi connectivity index (χ0n) is 17.9. The van der Waals surface area contributed by atoms with Gasteiger partial charge in [0.2, 0.25) is 10.0 Å². The van der Waals surface area contributed by atoms with Crippen LogP contribution in [0.2, 0.25) is 0 Å². The van der Waals surface area contributed by atoms with E-state index >= 15 is 0 Å². The summed E-state index contributed by atoms with van der Waals surface area (Å²) in [5.74, 6) is 0.992. The largest absolute Gasteiger partial charge is 0.383 e. The first-order valence-corrected chi connectivity index (χ1v) is 12.7. The van der Waals surface area contributed by atoms with Crippen LogP contribution in [0.1, 0.15) is 24.4 Å². The summed E-state index contributed by atoms with van der Waals surface area (Å²) >= 11 is 0. The van der Waals surface area contributed by atoms with Crippen LogP contribution in [0.3, 0.4) is 0 Å². The lowest BCUT2D eigenvalue weighted by Crippen LogP contribution is -2.51. The Morgan fingerprint density at radius 2 is 2.03 bits per heavy atom. The maximum absolute atomic E-state index is 13.1. The fourth-order valence-corrected chi connectivity index (χ4v) is 5.20. The Kier molecular flexibility index (Phi) is 5.39. The summed E-state index contributed by atoms with van der Waals surface area (Å²) in [5.41, 5.74) is 9.79. The van der Waals surface area contributed by atoms with Gasteiger partial charge in [-0.2, -0.15) is 0 Å². The molecule has 0 spiro atoms. The molecule has 1 saturated heterocycles. The van der Waals surface area contributed by atoms with E-state index in [9.17, 15) is 12.8 Å². The normalized spacial score (nSPS) is 22.1. The number of aromatic nitrogens is 3. The van der Waals surface area contributed by atoms with Gasteiger partial charge in [-0.15, -0.1) is 0 Å². The number of nitrogens with one attached hydrogen (secondary N) is 1. The number of halogens is 1. The Morgan fingerprint density at radius 1 is 1.25 bits per heavy atom. The van der Waals surface area contributed by atoms with Crippen molar-refractivity contribution in [2.24, 2.45) is 5.92 Å². The maximum Gasteiger partial charge on any atom is 0.209 e. The smallest absolute Gasteiger partial charge is 0.209 e. The summed E-state index contributed by atoms with van der Waals surface area (Å²) < 4.78 is 40.7. The topological polar surface area (TPSA) is 106 Å². The van der Waals surface area contributed by atoms with E-state index in [-0.39, 0.29) is 6.54 Å². The van der Waals surface area contributed by atoms with Gasteiger partial charge in [0, 0.05) is 44.0 Å². The van der Waals surface area contributed by atoms with Crippen molar-refractivity contribution < 1.29 is 12.8 Å². The SMILES string of the molecule is CS(=O)(=O)NCc1cccc(-c2cn([C@H]3C[C@H](CN4CC(F)C4)C3)c3ncnc(N)c23)c1. The van der Waals surface area contributed by atoms with Gasteiger partial charge in [0.15, 0.2) is 0 Å². The number of alkyl halides is 1. The van der Waals surface area contributed by atoms with Crippen LogP contribution in [0, 0.1) is 5.92 Å². The summed E-state index contributed by atoms with van der Waals surface area (Å²) in [6.45, 7) is 2.30. The molecule has 1 saturated carbocycles. The van der Waals surface area contributed by atoms with Gasteiger partial charge in [0.05, 0.1) is 11.6 Å². The van der Waals surface area contributed by atoms with Crippen molar-refractivity contribution in [3.8, 4) is 11.1 Å². The van der Waals surface area contributed by atoms with Gasteiger partial charge >= 0.3 is 0 Å². The standard InChI is InChI=1S/C22H27FN6O2S/c1-32(30,31)27-8-14-3-2-4-16(5-14)19-12-29(22-20(19)21(24)25-13-26-22)18-6-15(7-18)9-28-10-17(23)11-28/h2-5,12-13,15,17-18,27H,6-11H2,1H3,(H2,24,25,26)/t15-,18-. The number of hydrogen-bond acceptors (Lipinski definition) is 6. The molecule has 2 fully saturated rings. The van der Waals surface area contributed by atoms with E-state index in [4.69, 9.17) is 5.73 Å². The predicted molar refractivity (Wildman–Crippen MR) is 122 cm³/mol. The Labute approximate surface area is 186 Å². The number of rotatable bonds is 7. The van der Waals surface area contributed by atoms with Crippen LogP contribution in [0.25, 0.3) is 22.2 Å². The van der Waals surface area contributed by atoms with Crippen LogP contribution in [-0.4, -0.2) is 59.9 Å². The van der Waals surface area contributed by atoms with Gasteiger partial charge < -0.3 is 10.3 Å². The number of benzene rings is 1. The molecule has 0 bridgehead atoms. The molecule has 10 heteroatoms. The first-order chi connectivity index (χ1) is 15.3. The van der Waals surface area contributed by atoms with E-state index in [0.717, 1.165) is 53.4 Å². The van der Waals surface area contributed by atoms with Crippen molar-refractivity contribution in [2.45, 2.75) is 31.6 Å². The zero-order valence-corrected chi connectivity index (χ0v) is 18.7. The molecule has 1 aliphatic carbocycles. The Morgan fingerprint density at radius 3 is 2.75 bits per heavy atom. The first kappa shape index (κ1) is 21.3. The van der Waals surface area contributed by atoms with Crippen LogP contribution in [0.15, 0.2) is 36.8 Å². The number of nitrogens with two attached hydrogens (primary N) is 1. The van der Waals surface area contributed by atoms with Crippen LogP contribution in [0.5, 0.6) is 0 Å². The lowest BCUT2D eigenvalue weighted by molar-refractivity contribution is 0.0282. The highest BCUT2D eigenvalue weighted by atomic mass is 32.2. The van der Waals surface area contributed by atoms with E-state index in [1.54, 1.807) is 0 Å². The molecule has 0 radical (unpaired) electrons. The summed E-state index contributed by atoms with van der Waals surface area (Å²) in [7, 11) is -3.28. The molecule has 0 unspecified atom stereocenters. The molecule has 1 aromatic carbocycles. The van der Waals surface area contributed by atoms with Crippen LogP contribution in [-0.2, 0) is 16.6 Å². The molecule has 3 N–H and O–H groups in total. The molecular weight excluding hydrogens is 431 g/mol. The van der Waals surface area contributed by atoms with Gasteiger partial charge in [0.25, 0.3) is 0 Å². The number of hydrogen-bond donors (Lipinski definition) is 2. The number of likely N-dealkylation sites (tertiary alicyclic amines) is 1. The van der Waals surface area contributed by atoms with Crippen molar-refractivity contribution in [3.63, 3.8) is 0 Å². The molecule has 2 aliphatic rings. The van der Waals surface area contributed by atoms with Crippen LogP contribution >= 0.6 is 0 Å². The Bertz CT molecular complexity index is 1250. The van der Waals surface area contributed by atoms with Crippen molar-refractivity contribution in [2.75, 3.05) is 31.6 Å². The lowest BCUT2D eigenvalue weighted by Gasteiger charge is -2.43. The fourth-order valence-electron chi connectivity index (χ4n) is 4.77. The van der Waals surface area contributed by atoms with Gasteiger partial charge in [-0.3, -0.25) is 4.90 Å². The quantitative estimate of drug-likeness (QED) is 0.563. The molecule has 170 valence electrons. The van der Waals surface area contributed by atoms with E-state index in [2.05, 4.69) is 30.4 Å². The van der Waals surface area contributed by atoms with Crippen molar-refractivity contribution >= 4 is 26.9 Å². The fraction of sp³-hybridized carbons (Fsp3) is 0.455. The number of anilines is 1. The third kappa shape index (κ3) is 4.22. The average molecular weight is 459 g/mol. The highest BCUT2D eigenvalue weighted by molar-refractivity contribution is 7.88. The summed E-state index contributed by atoms with van der Waals surface area (Å²) in [4.78, 5) is 10.9. The van der Waals surface area contributed by atoms with E-state index in [1.807, 2.05) is 24.3 Å². The van der Waals surface area contributed by atoms with E-state index in [1.165, 1.54) is 6.33 Å². The molecular formula is C22H27FN6O2S. The third-order valence-electron chi connectivity index (χ3n) is 6.45.